The standard InChI is InChI=1S/C8H16/c1-7-4-3-5-8(2)6-7/h7-8H,3-6H2,1-2H3/t7-,8+. The first-order chi connectivity index (χ1) is 3.79. The fraction of sp³-hybridized carbons (Fsp3) is 1.00. The molecule has 0 saturated heterocycles. The molecule has 1 rings (SSSR count). The number of hydrogen-bond acceptors (Lipinski definition) is 0. The lowest BCUT2D eigenvalue weighted by atomic mass is 9.84. The maximum atomic E-state index is 2.37. The van der Waals surface area contributed by atoms with E-state index < -0.39 is 0 Å². The van der Waals surface area contributed by atoms with E-state index in [0.29, 0.717) is 0 Å². The number of hydrogen-bond donors (Lipinski definition) is 0. The highest BCUT2D eigenvalue weighted by molar-refractivity contribution is 4.66. The van der Waals surface area contributed by atoms with Gasteiger partial charge in [-0.25, -0.2) is 0 Å². The van der Waals surface area contributed by atoms with Gasteiger partial charge < -0.3 is 0 Å². The van der Waals surface area contributed by atoms with Gasteiger partial charge in [0.2, 0.25) is 0 Å². The van der Waals surface area contributed by atoms with Gasteiger partial charge in [0.05, 0.1) is 0 Å². The average Bonchev–Trinajstić information content (AvgIpc) is 1.64. The van der Waals surface area contributed by atoms with E-state index in [2.05, 4.69) is 13.8 Å². The van der Waals surface area contributed by atoms with Gasteiger partial charge in [0.1, 0.15) is 0 Å². The van der Waals surface area contributed by atoms with Crippen molar-refractivity contribution in [3.8, 4) is 0 Å². The lowest BCUT2D eigenvalue weighted by Crippen LogP contribution is -2.09. The Bertz CT molecular complexity index is 58.4. The summed E-state index contributed by atoms with van der Waals surface area (Å²) in [5.41, 5.74) is 0. The summed E-state index contributed by atoms with van der Waals surface area (Å²) in [5.74, 6) is 2.03. The van der Waals surface area contributed by atoms with Crippen LogP contribution < -0.4 is 0 Å². The van der Waals surface area contributed by atoms with Crippen molar-refractivity contribution in [2.45, 2.75) is 39.5 Å². The van der Waals surface area contributed by atoms with Crippen LogP contribution in [0.2, 0.25) is 0 Å². The Kier molecular flexibility index (Phi) is 1.93. The van der Waals surface area contributed by atoms with Gasteiger partial charge in [-0.3, -0.25) is 0 Å². The maximum Gasteiger partial charge on any atom is -0.0440 e. The van der Waals surface area contributed by atoms with E-state index in [1.807, 2.05) is 0 Å². The van der Waals surface area contributed by atoms with E-state index >= 15 is 0 Å². The zero-order chi connectivity index (χ0) is 5.98. The van der Waals surface area contributed by atoms with Crippen LogP contribution in [0.25, 0.3) is 0 Å². The predicted octanol–water partition coefficient (Wildman–Crippen LogP) is 2.83. The van der Waals surface area contributed by atoms with Crippen LogP contribution in [0, 0.1) is 11.8 Å². The second-order valence-electron chi connectivity index (χ2n) is 3.38. The van der Waals surface area contributed by atoms with Gasteiger partial charge >= 0.3 is 0 Å². The third-order valence-corrected chi connectivity index (χ3v) is 2.20. The van der Waals surface area contributed by atoms with E-state index in [1.54, 1.807) is 0 Å². The largest absolute Gasteiger partial charge is 0.0625 e. The molecule has 0 nitrogen and oxygen atoms in total. The first-order valence-corrected chi connectivity index (χ1v) is 3.79. The van der Waals surface area contributed by atoms with Gasteiger partial charge in [-0.05, 0) is 18.3 Å². The minimum Gasteiger partial charge on any atom is -0.0625 e. The summed E-state index contributed by atoms with van der Waals surface area (Å²) in [6, 6.07) is 0. The molecule has 0 aromatic heterocycles. The molecule has 0 spiro atoms. The molecule has 1 fully saturated rings. The molecule has 48 valence electrons. The Hall–Kier alpha value is 0. The Balaban J connectivity index is 2.23. The van der Waals surface area contributed by atoms with Crippen LogP contribution in [-0.2, 0) is 0 Å². The van der Waals surface area contributed by atoms with E-state index in [4.69, 9.17) is 0 Å². The van der Waals surface area contributed by atoms with Crippen LogP contribution in [0.5, 0.6) is 0 Å². The van der Waals surface area contributed by atoms with E-state index in [0.717, 1.165) is 11.8 Å². The van der Waals surface area contributed by atoms with E-state index in [9.17, 15) is 0 Å². The Morgan fingerprint density at radius 2 is 1.50 bits per heavy atom. The highest BCUT2D eigenvalue weighted by Crippen LogP contribution is 2.27. The first-order valence-electron chi connectivity index (χ1n) is 3.79. The fourth-order valence-electron chi connectivity index (χ4n) is 1.74. The van der Waals surface area contributed by atoms with Crippen LogP contribution in [0.15, 0.2) is 0 Å². The topological polar surface area (TPSA) is 0 Å². The molecule has 0 aromatic rings. The Morgan fingerprint density at radius 3 is 1.75 bits per heavy atom. The molecule has 0 heteroatoms. The van der Waals surface area contributed by atoms with Crippen molar-refractivity contribution in [2.24, 2.45) is 11.8 Å². The molecular weight excluding hydrogens is 96.1 g/mol. The average molecular weight is 112 g/mol. The highest BCUT2D eigenvalue weighted by atomic mass is 14.2. The van der Waals surface area contributed by atoms with Crippen molar-refractivity contribution in [1.29, 1.82) is 0 Å². The van der Waals surface area contributed by atoms with Crippen LogP contribution in [0.3, 0.4) is 0 Å². The molecule has 0 radical (unpaired) electrons. The van der Waals surface area contributed by atoms with Crippen molar-refractivity contribution in [2.75, 3.05) is 0 Å². The lowest BCUT2D eigenvalue weighted by molar-refractivity contribution is 0.301. The van der Waals surface area contributed by atoms with E-state index in [1.165, 1.54) is 25.7 Å². The SMILES string of the molecule is C[C@@H]1CCC[C@H](C)C1. The zero-order valence-electron chi connectivity index (χ0n) is 5.98. The molecular formula is C8H16. The summed E-state index contributed by atoms with van der Waals surface area (Å²) in [6.45, 7) is 4.74. The molecule has 0 N–H and O–H groups in total. The van der Waals surface area contributed by atoms with Crippen molar-refractivity contribution in [3.63, 3.8) is 0 Å². The molecule has 0 bridgehead atoms. The molecule has 0 heterocycles. The summed E-state index contributed by atoms with van der Waals surface area (Å²) in [5, 5.41) is 0. The second kappa shape index (κ2) is 2.52. The van der Waals surface area contributed by atoms with Gasteiger partial charge in [0.15, 0.2) is 0 Å². The molecule has 1 saturated carbocycles. The van der Waals surface area contributed by atoms with Gasteiger partial charge in [0, 0.05) is 0 Å². The molecule has 0 aromatic carbocycles. The summed E-state index contributed by atoms with van der Waals surface area (Å²) in [4.78, 5) is 0. The smallest absolute Gasteiger partial charge is 0.0440 e. The van der Waals surface area contributed by atoms with Gasteiger partial charge in [-0.15, -0.1) is 0 Å². The monoisotopic (exact) mass is 112 g/mol. The summed E-state index contributed by atoms with van der Waals surface area (Å²) in [7, 11) is 0. The third kappa shape index (κ3) is 1.50. The minimum absolute atomic E-state index is 1.01. The second-order valence-corrected chi connectivity index (χ2v) is 3.38. The summed E-state index contributed by atoms with van der Waals surface area (Å²) in [6.07, 6.45) is 5.90. The Labute approximate surface area is 52.3 Å². The van der Waals surface area contributed by atoms with Gasteiger partial charge in [-0.1, -0.05) is 33.1 Å². The van der Waals surface area contributed by atoms with Gasteiger partial charge in [0.25, 0.3) is 0 Å². The normalized spacial score (nSPS) is 39.8. The molecule has 0 unspecified atom stereocenters. The van der Waals surface area contributed by atoms with Crippen LogP contribution >= 0.6 is 0 Å². The minimum atomic E-state index is 1.01. The quantitative estimate of drug-likeness (QED) is 0.452. The lowest BCUT2D eigenvalue weighted by Gasteiger charge is -2.22. The summed E-state index contributed by atoms with van der Waals surface area (Å²) < 4.78 is 0. The van der Waals surface area contributed by atoms with Crippen LogP contribution in [0.1, 0.15) is 39.5 Å². The van der Waals surface area contributed by atoms with Crippen molar-refractivity contribution < 1.29 is 0 Å². The van der Waals surface area contributed by atoms with Crippen molar-refractivity contribution >= 4 is 0 Å². The molecule has 1 aliphatic carbocycles. The first kappa shape index (κ1) is 6.12. The van der Waals surface area contributed by atoms with Crippen molar-refractivity contribution in [1.82, 2.24) is 0 Å². The zero-order valence-corrected chi connectivity index (χ0v) is 5.98. The molecule has 1 aliphatic rings. The molecule has 0 amide bonds. The van der Waals surface area contributed by atoms with E-state index in [-0.39, 0.29) is 0 Å². The summed E-state index contributed by atoms with van der Waals surface area (Å²) >= 11 is 0. The maximum absolute atomic E-state index is 2.37. The molecule has 2 atom stereocenters. The van der Waals surface area contributed by atoms with Crippen LogP contribution in [0.4, 0.5) is 0 Å². The fourth-order valence-corrected chi connectivity index (χ4v) is 1.74. The van der Waals surface area contributed by atoms with Gasteiger partial charge in [-0.2, -0.15) is 0 Å². The van der Waals surface area contributed by atoms with Crippen molar-refractivity contribution in [3.05, 3.63) is 0 Å². The third-order valence-electron chi connectivity index (χ3n) is 2.20. The predicted molar refractivity (Wildman–Crippen MR) is 36.8 cm³/mol. The molecule has 8 heavy (non-hydrogen) atoms. The van der Waals surface area contributed by atoms with Crippen LogP contribution in [-0.4, -0.2) is 0 Å². The molecule has 0 aliphatic heterocycles. The highest BCUT2D eigenvalue weighted by Gasteiger charge is 2.13. The number of rotatable bonds is 0. The Morgan fingerprint density at radius 1 is 1.00 bits per heavy atom.